The molecule has 0 spiro atoms. The van der Waals surface area contributed by atoms with Gasteiger partial charge in [0, 0.05) is 5.69 Å². The molecule has 2 aromatic carbocycles. The molecule has 1 aromatic heterocycles. The average molecular weight is 318 g/mol. The van der Waals surface area contributed by atoms with Crippen molar-refractivity contribution in [1.29, 1.82) is 0 Å². The van der Waals surface area contributed by atoms with E-state index in [1.165, 1.54) is 11.3 Å². The molecule has 1 heterocycles. The quantitative estimate of drug-likeness (QED) is 0.748. The first-order chi connectivity index (χ1) is 10.0. The Kier molecular flexibility index (Phi) is 3.53. The molecule has 106 valence electrons. The highest BCUT2D eigenvalue weighted by atomic mass is 35.5. The second-order valence-corrected chi connectivity index (χ2v) is 6.10. The smallest absolute Gasteiger partial charge is 0.257 e. The van der Waals surface area contributed by atoms with Gasteiger partial charge >= 0.3 is 0 Å². The molecule has 0 atom stereocenters. The van der Waals surface area contributed by atoms with Gasteiger partial charge in [0.2, 0.25) is 0 Å². The summed E-state index contributed by atoms with van der Waals surface area (Å²) < 4.78 is 0.946. The van der Waals surface area contributed by atoms with Crippen molar-refractivity contribution in [2.24, 2.45) is 0 Å². The molecular weight excluding hydrogens is 306 g/mol. The van der Waals surface area contributed by atoms with E-state index in [9.17, 15) is 4.79 Å². The number of nitrogen functional groups attached to an aromatic ring is 1. The largest absolute Gasteiger partial charge is 0.375 e. The Hall–Kier alpha value is -2.11. The Morgan fingerprint density at radius 3 is 2.86 bits per heavy atom. The van der Waals surface area contributed by atoms with Crippen LogP contribution in [-0.4, -0.2) is 10.9 Å². The van der Waals surface area contributed by atoms with Crippen molar-refractivity contribution in [1.82, 2.24) is 4.98 Å². The maximum absolute atomic E-state index is 12.3. The van der Waals surface area contributed by atoms with Crippen molar-refractivity contribution in [2.45, 2.75) is 6.92 Å². The number of aromatic nitrogens is 1. The number of hydrogen-bond acceptors (Lipinski definition) is 4. The van der Waals surface area contributed by atoms with E-state index in [-0.39, 0.29) is 5.91 Å². The van der Waals surface area contributed by atoms with Gasteiger partial charge in [0.15, 0.2) is 5.13 Å². The standard InChI is InChI=1S/C15H12ClN3OS/c1-8-6-9(7-12-13(8)19-15(17)21-12)18-14(20)10-4-2-3-5-11(10)16/h2-7H,1H3,(H2,17,19)(H,18,20). The summed E-state index contributed by atoms with van der Waals surface area (Å²) >= 11 is 7.43. The summed E-state index contributed by atoms with van der Waals surface area (Å²) in [6, 6.07) is 10.7. The molecule has 0 fully saturated rings. The number of fused-ring (bicyclic) bond motifs is 1. The number of halogens is 1. The van der Waals surface area contributed by atoms with Crippen molar-refractivity contribution in [3.63, 3.8) is 0 Å². The average Bonchev–Trinajstić information content (AvgIpc) is 2.80. The Balaban J connectivity index is 1.95. The fraction of sp³-hybridized carbons (Fsp3) is 0.0667. The van der Waals surface area contributed by atoms with Crippen molar-refractivity contribution in [3.8, 4) is 0 Å². The summed E-state index contributed by atoms with van der Waals surface area (Å²) in [7, 11) is 0. The van der Waals surface area contributed by atoms with Crippen molar-refractivity contribution in [2.75, 3.05) is 11.1 Å². The molecule has 0 unspecified atom stereocenters. The molecule has 3 rings (SSSR count). The molecule has 3 aromatic rings. The van der Waals surface area contributed by atoms with Gasteiger partial charge < -0.3 is 11.1 Å². The minimum Gasteiger partial charge on any atom is -0.375 e. The van der Waals surface area contributed by atoms with Gasteiger partial charge in [-0.15, -0.1) is 0 Å². The lowest BCUT2D eigenvalue weighted by Crippen LogP contribution is -2.12. The minimum atomic E-state index is -0.239. The lowest BCUT2D eigenvalue weighted by molar-refractivity contribution is 0.102. The number of aryl methyl sites for hydroxylation is 1. The minimum absolute atomic E-state index is 0.239. The van der Waals surface area contributed by atoms with Gasteiger partial charge in [-0.1, -0.05) is 35.1 Å². The number of carbonyl (C=O) groups is 1. The maximum Gasteiger partial charge on any atom is 0.257 e. The summed E-state index contributed by atoms with van der Waals surface area (Å²) in [5, 5.41) is 3.80. The van der Waals surface area contributed by atoms with Crippen LogP contribution in [-0.2, 0) is 0 Å². The van der Waals surface area contributed by atoms with Crippen LogP contribution in [0.5, 0.6) is 0 Å². The van der Waals surface area contributed by atoms with Gasteiger partial charge in [-0.3, -0.25) is 4.79 Å². The molecule has 6 heteroatoms. The van der Waals surface area contributed by atoms with Gasteiger partial charge in [0.05, 0.1) is 20.8 Å². The summed E-state index contributed by atoms with van der Waals surface area (Å²) in [6.07, 6.45) is 0. The predicted octanol–water partition coefficient (Wildman–Crippen LogP) is 4.09. The number of hydrogen-bond donors (Lipinski definition) is 2. The summed E-state index contributed by atoms with van der Waals surface area (Å²) in [6.45, 7) is 1.94. The molecule has 21 heavy (non-hydrogen) atoms. The molecule has 0 aliphatic heterocycles. The summed E-state index contributed by atoms with van der Waals surface area (Å²) in [5.41, 5.74) is 8.71. The van der Waals surface area contributed by atoms with Gasteiger partial charge in [-0.25, -0.2) is 4.98 Å². The van der Waals surface area contributed by atoms with Crippen LogP contribution in [0.4, 0.5) is 10.8 Å². The van der Waals surface area contributed by atoms with E-state index in [4.69, 9.17) is 17.3 Å². The normalized spacial score (nSPS) is 10.8. The van der Waals surface area contributed by atoms with Crippen LogP contribution in [0.1, 0.15) is 15.9 Å². The third kappa shape index (κ3) is 2.70. The van der Waals surface area contributed by atoms with Crippen LogP contribution in [0.2, 0.25) is 5.02 Å². The monoisotopic (exact) mass is 317 g/mol. The lowest BCUT2D eigenvalue weighted by Gasteiger charge is -2.07. The Bertz CT molecular complexity index is 844. The van der Waals surface area contributed by atoms with Crippen LogP contribution in [0, 0.1) is 6.92 Å². The second-order valence-electron chi connectivity index (χ2n) is 4.63. The van der Waals surface area contributed by atoms with E-state index in [1.807, 2.05) is 19.1 Å². The third-order valence-corrected chi connectivity index (χ3v) is 4.24. The van der Waals surface area contributed by atoms with Gasteiger partial charge in [0.1, 0.15) is 0 Å². The van der Waals surface area contributed by atoms with Crippen LogP contribution < -0.4 is 11.1 Å². The molecule has 0 bridgehead atoms. The number of nitrogens with two attached hydrogens (primary N) is 1. The zero-order chi connectivity index (χ0) is 15.0. The number of nitrogens with one attached hydrogen (secondary N) is 1. The maximum atomic E-state index is 12.3. The Morgan fingerprint density at radius 1 is 1.33 bits per heavy atom. The first-order valence-electron chi connectivity index (χ1n) is 6.27. The van der Waals surface area contributed by atoms with Crippen molar-refractivity contribution in [3.05, 3.63) is 52.5 Å². The van der Waals surface area contributed by atoms with Gasteiger partial charge in [-0.05, 0) is 36.8 Å². The Labute approximate surface area is 130 Å². The zero-order valence-corrected chi connectivity index (χ0v) is 12.8. The summed E-state index contributed by atoms with van der Waals surface area (Å²) in [5.74, 6) is -0.239. The molecule has 1 amide bonds. The first-order valence-corrected chi connectivity index (χ1v) is 7.46. The molecule has 0 radical (unpaired) electrons. The number of thiazole rings is 1. The molecule has 0 aliphatic carbocycles. The number of rotatable bonds is 2. The number of anilines is 2. The van der Waals surface area contributed by atoms with E-state index in [2.05, 4.69) is 10.3 Å². The fourth-order valence-corrected chi connectivity index (χ4v) is 3.20. The first kappa shape index (κ1) is 13.9. The van der Waals surface area contributed by atoms with E-state index in [1.54, 1.807) is 24.3 Å². The van der Waals surface area contributed by atoms with Crippen molar-refractivity contribution >= 4 is 49.9 Å². The van der Waals surface area contributed by atoms with E-state index >= 15 is 0 Å². The molecule has 0 saturated carbocycles. The molecule has 0 saturated heterocycles. The lowest BCUT2D eigenvalue weighted by atomic mass is 10.1. The van der Waals surface area contributed by atoms with Crippen LogP contribution >= 0.6 is 22.9 Å². The third-order valence-electron chi connectivity index (χ3n) is 3.08. The number of benzene rings is 2. The molecular formula is C15H12ClN3OS. The highest BCUT2D eigenvalue weighted by Crippen LogP contribution is 2.30. The predicted molar refractivity (Wildman–Crippen MR) is 88.2 cm³/mol. The van der Waals surface area contributed by atoms with E-state index in [0.29, 0.717) is 21.4 Å². The second kappa shape index (κ2) is 5.35. The van der Waals surface area contributed by atoms with Crippen LogP contribution in [0.3, 0.4) is 0 Å². The zero-order valence-electron chi connectivity index (χ0n) is 11.2. The van der Waals surface area contributed by atoms with Gasteiger partial charge in [0.25, 0.3) is 5.91 Å². The number of nitrogens with zero attached hydrogens (tertiary/aromatic N) is 1. The SMILES string of the molecule is Cc1cc(NC(=O)c2ccccc2Cl)cc2sc(N)nc12. The highest BCUT2D eigenvalue weighted by molar-refractivity contribution is 7.22. The molecule has 3 N–H and O–H groups in total. The van der Waals surface area contributed by atoms with E-state index < -0.39 is 0 Å². The topological polar surface area (TPSA) is 68.0 Å². The fourth-order valence-electron chi connectivity index (χ4n) is 2.13. The van der Waals surface area contributed by atoms with Crippen LogP contribution in [0.15, 0.2) is 36.4 Å². The van der Waals surface area contributed by atoms with Crippen molar-refractivity contribution < 1.29 is 4.79 Å². The summed E-state index contributed by atoms with van der Waals surface area (Å²) in [4.78, 5) is 16.5. The van der Waals surface area contributed by atoms with E-state index in [0.717, 1.165) is 15.8 Å². The molecule has 4 nitrogen and oxygen atoms in total. The van der Waals surface area contributed by atoms with Gasteiger partial charge in [-0.2, -0.15) is 0 Å². The highest BCUT2D eigenvalue weighted by Gasteiger charge is 2.12. The van der Waals surface area contributed by atoms with Crippen LogP contribution in [0.25, 0.3) is 10.2 Å². The number of carbonyl (C=O) groups excluding carboxylic acids is 1. The molecule has 0 aliphatic rings. The number of amides is 1. The Morgan fingerprint density at radius 2 is 2.10 bits per heavy atom.